The highest BCUT2D eigenvalue weighted by Gasteiger charge is 2.33. The summed E-state index contributed by atoms with van der Waals surface area (Å²) in [6.07, 6.45) is 4.62. The van der Waals surface area contributed by atoms with Crippen LogP contribution in [0.3, 0.4) is 0 Å². The lowest BCUT2D eigenvalue weighted by Gasteiger charge is -2.23. The minimum Gasteiger partial charge on any atom is -0.317 e. The van der Waals surface area contributed by atoms with Gasteiger partial charge >= 0.3 is 0 Å². The molecule has 0 saturated carbocycles. The summed E-state index contributed by atoms with van der Waals surface area (Å²) < 4.78 is 25.2. The Balaban J connectivity index is 1.95. The third-order valence-corrected chi connectivity index (χ3v) is 6.08. The number of aromatic nitrogens is 2. The maximum atomic E-state index is 11.7. The molecule has 0 amide bonds. The first kappa shape index (κ1) is 15.5. The van der Waals surface area contributed by atoms with Crippen LogP contribution in [-0.4, -0.2) is 42.8 Å². The molecule has 0 radical (unpaired) electrons. The van der Waals surface area contributed by atoms with Crippen molar-refractivity contribution in [3.05, 3.63) is 18.0 Å². The van der Waals surface area contributed by atoms with Crippen LogP contribution in [0.2, 0.25) is 0 Å². The minimum absolute atomic E-state index is 0.312. The zero-order valence-corrected chi connectivity index (χ0v) is 13.2. The maximum absolute atomic E-state index is 11.7. The van der Waals surface area contributed by atoms with E-state index in [1.54, 1.807) is 0 Å². The van der Waals surface area contributed by atoms with E-state index in [0.717, 1.165) is 32.4 Å². The van der Waals surface area contributed by atoms with Gasteiger partial charge in [0.15, 0.2) is 9.84 Å². The van der Waals surface area contributed by atoms with E-state index in [2.05, 4.69) is 17.3 Å². The molecule has 2 atom stereocenters. The lowest BCUT2D eigenvalue weighted by molar-refractivity contribution is 0.325. The molecule has 1 aliphatic heterocycles. The monoisotopic (exact) mass is 299 g/mol. The molecule has 0 spiro atoms. The highest BCUT2D eigenvalue weighted by Crippen LogP contribution is 2.28. The number of rotatable bonds is 7. The molecule has 5 nitrogen and oxygen atoms in total. The highest BCUT2D eigenvalue weighted by molar-refractivity contribution is 7.91. The Bertz CT molecular complexity index is 524. The van der Waals surface area contributed by atoms with Crippen molar-refractivity contribution in [1.82, 2.24) is 15.1 Å². The Morgan fingerprint density at radius 1 is 1.55 bits per heavy atom. The Kier molecular flexibility index (Phi) is 5.21. The maximum Gasteiger partial charge on any atom is 0.150 e. The first-order chi connectivity index (χ1) is 9.52. The zero-order chi connectivity index (χ0) is 14.6. The van der Waals surface area contributed by atoms with Gasteiger partial charge in [-0.15, -0.1) is 0 Å². The molecule has 6 heteroatoms. The SMILES string of the molecule is CCNCC(CCc1ccnn1C)C1CCS(=O)(=O)C1. The van der Waals surface area contributed by atoms with Gasteiger partial charge < -0.3 is 5.32 Å². The summed E-state index contributed by atoms with van der Waals surface area (Å²) in [6.45, 7) is 3.93. The minimum atomic E-state index is -2.79. The van der Waals surface area contributed by atoms with Crippen LogP contribution in [-0.2, 0) is 23.3 Å². The normalized spacial score (nSPS) is 23.0. The van der Waals surface area contributed by atoms with Crippen LogP contribution in [0.25, 0.3) is 0 Å². The van der Waals surface area contributed by atoms with E-state index in [1.165, 1.54) is 5.69 Å². The summed E-state index contributed by atoms with van der Waals surface area (Å²) in [5.74, 6) is 1.48. The van der Waals surface area contributed by atoms with Crippen molar-refractivity contribution in [2.24, 2.45) is 18.9 Å². The molecule has 1 N–H and O–H groups in total. The van der Waals surface area contributed by atoms with Gasteiger partial charge in [-0.3, -0.25) is 4.68 Å². The van der Waals surface area contributed by atoms with Gasteiger partial charge in [0.05, 0.1) is 11.5 Å². The summed E-state index contributed by atoms with van der Waals surface area (Å²) in [7, 11) is -0.838. The highest BCUT2D eigenvalue weighted by atomic mass is 32.2. The van der Waals surface area contributed by atoms with Gasteiger partial charge in [0, 0.05) is 18.9 Å². The number of nitrogens with zero attached hydrogens (tertiary/aromatic N) is 2. The molecule has 2 unspecified atom stereocenters. The molecule has 0 aromatic carbocycles. The topological polar surface area (TPSA) is 64.0 Å². The van der Waals surface area contributed by atoms with E-state index in [1.807, 2.05) is 24.0 Å². The first-order valence-electron chi connectivity index (χ1n) is 7.40. The molecule has 114 valence electrons. The summed E-state index contributed by atoms with van der Waals surface area (Å²) in [5, 5.41) is 7.56. The molecule has 2 rings (SSSR count). The van der Waals surface area contributed by atoms with Gasteiger partial charge in [0.2, 0.25) is 0 Å². The van der Waals surface area contributed by atoms with E-state index in [9.17, 15) is 8.42 Å². The summed E-state index contributed by atoms with van der Waals surface area (Å²) >= 11 is 0. The Morgan fingerprint density at radius 2 is 2.35 bits per heavy atom. The molecule has 1 aromatic rings. The number of hydrogen-bond donors (Lipinski definition) is 1. The van der Waals surface area contributed by atoms with Crippen molar-refractivity contribution in [2.45, 2.75) is 26.2 Å². The number of aryl methyl sites for hydroxylation is 2. The van der Waals surface area contributed by atoms with Crippen LogP contribution in [0.5, 0.6) is 0 Å². The van der Waals surface area contributed by atoms with Crippen LogP contribution in [0.1, 0.15) is 25.5 Å². The summed E-state index contributed by atoms with van der Waals surface area (Å²) in [6, 6.07) is 2.04. The van der Waals surface area contributed by atoms with Crippen molar-refractivity contribution >= 4 is 9.84 Å². The fourth-order valence-electron chi connectivity index (χ4n) is 3.01. The smallest absolute Gasteiger partial charge is 0.150 e. The summed E-state index contributed by atoms with van der Waals surface area (Å²) in [4.78, 5) is 0. The molecule has 2 heterocycles. The standard InChI is InChI=1S/C14H25N3O2S/c1-3-15-10-12(13-7-9-20(18,19)11-13)4-5-14-6-8-16-17(14)2/h6,8,12-13,15H,3-5,7,9-11H2,1-2H3. The summed E-state index contributed by atoms with van der Waals surface area (Å²) in [5.41, 5.74) is 1.22. The molecule has 1 aliphatic rings. The van der Waals surface area contributed by atoms with E-state index >= 15 is 0 Å². The molecule has 20 heavy (non-hydrogen) atoms. The second-order valence-corrected chi connectivity index (χ2v) is 7.94. The van der Waals surface area contributed by atoms with Crippen LogP contribution >= 0.6 is 0 Å². The molecular weight excluding hydrogens is 274 g/mol. The fourth-order valence-corrected chi connectivity index (χ4v) is 4.93. The van der Waals surface area contributed by atoms with Crippen molar-refractivity contribution in [3.63, 3.8) is 0 Å². The van der Waals surface area contributed by atoms with Crippen LogP contribution in [0, 0.1) is 11.8 Å². The second kappa shape index (κ2) is 6.72. The third-order valence-electron chi connectivity index (χ3n) is 4.28. The number of nitrogens with one attached hydrogen (secondary N) is 1. The van der Waals surface area contributed by atoms with Crippen molar-refractivity contribution in [3.8, 4) is 0 Å². The molecule has 0 aliphatic carbocycles. The largest absolute Gasteiger partial charge is 0.317 e. The molecule has 1 aromatic heterocycles. The molecule has 1 saturated heterocycles. The quantitative estimate of drug-likeness (QED) is 0.816. The van der Waals surface area contributed by atoms with Crippen molar-refractivity contribution in [1.29, 1.82) is 0 Å². The Labute approximate surface area is 121 Å². The van der Waals surface area contributed by atoms with Gasteiger partial charge in [-0.25, -0.2) is 8.42 Å². The third kappa shape index (κ3) is 4.06. The van der Waals surface area contributed by atoms with Gasteiger partial charge in [-0.1, -0.05) is 6.92 Å². The average molecular weight is 299 g/mol. The van der Waals surface area contributed by atoms with Crippen LogP contribution < -0.4 is 5.32 Å². The van der Waals surface area contributed by atoms with E-state index in [4.69, 9.17) is 0 Å². The number of hydrogen-bond acceptors (Lipinski definition) is 4. The predicted molar refractivity (Wildman–Crippen MR) is 80.3 cm³/mol. The second-order valence-electron chi connectivity index (χ2n) is 5.72. The van der Waals surface area contributed by atoms with Crippen molar-refractivity contribution < 1.29 is 8.42 Å². The fraction of sp³-hybridized carbons (Fsp3) is 0.786. The lowest BCUT2D eigenvalue weighted by Crippen LogP contribution is -2.29. The lowest BCUT2D eigenvalue weighted by atomic mass is 9.87. The van der Waals surface area contributed by atoms with Gasteiger partial charge in [0.25, 0.3) is 0 Å². The average Bonchev–Trinajstić information content (AvgIpc) is 2.96. The Hall–Kier alpha value is -0.880. The van der Waals surface area contributed by atoms with E-state index < -0.39 is 9.84 Å². The van der Waals surface area contributed by atoms with E-state index in [0.29, 0.717) is 23.3 Å². The van der Waals surface area contributed by atoms with Gasteiger partial charge in [0.1, 0.15) is 0 Å². The van der Waals surface area contributed by atoms with Gasteiger partial charge in [-0.2, -0.15) is 5.10 Å². The van der Waals surface area contributed by atoms with Crippen LogP contribution in [0.15, 0.2) is 12.3 Å². The number of sulfone groups is 1. The van der Waals surface area contributed by atoms with E-state index in [-0.39, 0.29) is 0 Å². The van der Waals surface area contributed by atoms with Crippen molar-refractivity contribution in [2.75, 3.05) is 24.6 Å². The predicted octanol–water partition coefficient (Wildman–Crippen LogP) is 1.01. The van der Waals surface area contributed by atoms with Gasteiger partial charge in [-0.05, 0) is 50.3 Å². The zero-order valence-electron chi connectivity index (χ0n) is 12.4. The first-order valence-corrected chi connectivity index (χ1v) is 9.22. The Morgan fingerprint density at radius 3 is 2.90 bits per heavy atom. The molecule has 1 fully saturated rings. The molecular formula is C14H25N3O2S. The molecule has 0 bridgehead atoms. The van der Waals surface area contributed by atoms with Crippen LogP contribution in [0.4, 0.5) is 0 Å².